The average molecular weight is 119 g/mol. The Hall–Kier alpha value is -0.150. The molecule has 1 saturated heterocycles. The zero-order chi connectivity index (χ0) is 5.98. The monoisotopic (exact) mass is 119 g/mol. The van der Waals surface area contributed by atoms with E-state index < -0.39 is 0 Å². The van der Waals surface area contributed by atoms with Gasteiger partial charge in [0.15, 0.2) is 0 Å². The van der Waals surface area contributed by atoms with Gasteiger partial charge >= 0.3 is 0 Å². The molecule has 2 unspecified atom stereocenters. The maximum atomic E-state index is 11.7. The van der Waals surface area contributed by atoms with Crippen LogP contribution in [0.1, 0.15) is 6.42 Å². The van der Waals surface area contributed by atoms with E-state index in [9.17, 15) is 4.39 Å². The molecule has 2 N–H and O–H groups in total. The van der Waals surface area contributed by atoms with Crippen LogP contribution in [-0.4, -0.2) is 30.5 Å². The topological polar surface area (TPSA) is 32.3 Å². The molecule has 2 nitrogen and oxygen atoms in total. The van der Waals surface area contributed by atoms with Gasteiger partial charge in [0.05, 0.1) is 6.10 Å². The van der Waals surface area contributed by atoms with Crippen molar-refractivity contribution in [3.8, 4) is 0 Å². The zero-order valence-electron chi connectivity index (χ0n) is 4.60. The number of alkyl halides is 1. The molecule has 0 bridgehead atoms. The highest BCUT2D eigenvalue weighted by Gasteiger charge is 2.20. The van der Waals surface area contributed by atoms with Crippen molar-refractivity contribution in [2.45, 2.75) is 18.6 Å². The van der Waals surface area contributed by atoms with E-state index in [4.69, 9.17) is 5.11 Å². The summed E-state index contributed by atoms with van der Waals surface area (Å²) >= 11 is 0. The zero-order valence-corrected chi connectivity index (χ0v) is 4.60. The highest BCUT2D eigenvalue weighted by molar-refractivity contribution is 4.79. The maximum absolute atomic E-state index is 11.7. The molecule has 0 amide bonds. The SMILES string of the molecule is OC1CNC(CF)C1. The summed E-state index contributed by atoms with van der Waals surface area (Å²) in [6.07, 6.45) is 0.243. The molecule has 1 aliphatic heterocycles. The van der Waals surface area contributed by atoms with Crippen LogP contribution in [0, 0.1) is 0 Å². The first-order valence-corrected chi connectivity index (χ1v) is 2.80. The maximum Gasteiger partial charge on any atom is 0.105 e. The molecule has 1 heterocycles. The van der Waals surface area contributed by atoms with Crippen LogP contribution in [0.15, 0.2) is 0 Å². The number of hydrogen-bond donors (Lipinski definition) is 2. The van der Waals surface area contributed by atoms with E-state index >= 15 is 0 Å². The molecule has 0 aromatic rings. The Bertz CT molecular complexity index is 78.8. The Morgan fingerprint density at radius 3 is 2.75 bits per heavy atom. The molecule has 3 heteroatoms. The highest BCUT2D eigenvalue weighted by Crippen LogP contribution is 2.05. The summed E-state index contributed by atoms with van der Waals surface area (Å²) < 4.78 is 11.7. The Morgan fingerprint density at radius 2 is 2.50 bits per heavy atom. The lowest BCUT2D eigenvalue weighted by Crippen LogP contribution is -2.22. The number of aliphatic hydroxyl groups is 1. The number of halogens is 1. The van der Waals surface area contributed by atoms with Crippen molar-refractivity contribution >= 4 is 0 Å². The molecule has 1 aliphatic rings. The molecule has 0 aromatic carbocycles. The standard InChI is InChI=1S/C5H10FNO/c6-2-4-1-5(8)3-7-4/h4-5,7-8H,1-3H2. The van der Waals surface area contributed by atoms with Gasteiger partial charge in [-0.3, -0.25) is 0 Å². The minimum Gasteiger partial charge on any atom is -0.392 e. The van der Waals surface area contributed by atoms with Crippen LogP contribution < -0.4 is 5.32 Å². The molecule has 48 valence electrons. The predicted octanol–water partition coefficient (Wildman–Crippen LogP) is -0.321. The van der Waals surface area contributed by atoms with Crippen molar-refractivity contribution in [2.75, 3.05) is 13.2 Å². The van der Waals surface area contributed by atoms with Gasteiger partial charge in [-0.2, -0.15) is 0 Å². The summed E-state index contributed by atoms with van der Waals surface area (Å²) in [5.41, 5.74) is 0. The first-order chi connectivity index (χ1) is 3.83. The van der Waals surface area contributed by atoms with Gasteiger partial charge in [0, 0.05) is 12.6 Å². The van der Waals surface area contributed by atoms with E-state index in [1.54, 1.807) is 0 Å². The average Bonchev–Trinajstić information content (AvgIpc) is 2.14. The fourth-order valence-corrected chi connectivity index (χ4v) is 0.915. The number of aliphatic hydroxyl groups excluding tert-OH is 1. The van der Waals surface area contributed by atoms with Crippen LogP contribution in [0.3, 0.4) is 0 Å². The Balaban J connectivity index is 2.22. The van der Waals surface area contributed by atoms with Crippen molar-refractivity contribution in [3.05, 3.63) is 0 Å². The molecule has 0 aliphatic carbocycles. The Kier molecular flexibility index (Phi) is 1.81. The summed E-state index contributed by atoms with van der Waals surface area (Å²) in [6.45, 7) is 0.186. The van der Waals surface area contributed by atoms with Crippen LogP contribution in [0.5, 0.6) is 0 Å². The van der Waals surface area contributed by atoms with E-state index in [0.29, 0.717) is 13.0 Å². The van der Waals surface area contributed by atoms with Gasteiger partial charge < -0.3 is 10.4 Å². The van der Waals surface area contributed by atoms with Gasteiger partial charge in [-0.15, -0.1) is 0 Å². The van der Waals surface area contributed by atoms with Gasteiger partial charge in [-0.25, -0.2) is 4.39 Å². The molecular formula is C5H10FNO. The van der Waals surface area contributed by atoms with Gasteiger partial charge in [-0.05, 0) is 6.42 Å². The van der Waals surface area contributed by atoms with E-state index in [0.717, 1.165) is 0 Å². The third-order valence-electron chi connectivity index (χ3n) is 1.39. The normalized spacial score (nSPS) is 38.2. The highest BCUT2D eigenvalue weighted by atomic mass is 19.1. The van der Waals surface area contributed by atoms with E-state index in [1.807, 2.05) is 0 Å². The number of nitrogens with one attached hydrogen (secondary N) is 1. The smallest absolute Gasteiger partial charge is 0.105 e. The minimum atomic E-state index is -0.364. The van der Waals surface area contributed by atoms with Gasteiger partial charge in [0.1, 0.15) is 6.67 Å². The van der Waals surface area contributed by atoms with E-state index in [-0.39, 0.29) is 18.8 Å². The molecule has 0 aromatic heterocycles. The summed E-state index contributed by atoms with van der Waals surface area (Å²) in [7, 11) is 0. The molecule has 0 spiro atoms. The largest absolute Gasteiger partial charge is 0.392 e. The summed E-state index contributed by atoms with van der Waals surface area (Å²) in [4.78, 5) is 0. The van der Waals surface area contributed by atoms with Crippen molar-refractivity contribution in [2.24, 2.45) is 0 Å². The first kappa shape index (κ1) is 5.98. The third-order valence-corrected chi connectivity index (χ3v) is 1.39. The predicted molar refractivity (Wildman–Crippen MR) is 28.4 cm³/mol. The number of rotatable bonds is 1. The van der Waals surface area contributed by atoms with Crippen LogP contribution in [-0.2, 0) is 0 Å². The van der Waals surface area contributed by atoms with Gasteiger partial charge in [0.25, 0.3) is 0 Å². The summed E-state index contributed by atoms with van der Waals surface area (Å²) in [5, 5.41) is 11.6. The third kappa shape index (κ3) is 1.17. The lowest BCUT2D eigenvalue weighted by molar-refractivity contribution is 0.191. The molecule has 0 radical (unpaired) electrons. The Labute approximate surface area is 47.7 Å². The second-order valence-electron chi connectivity index (χ2n) is 2.15. The van der Waals surface area contributed by atoms with E-state index in [2.05, 4.69) is 5.32 Å². The summed E-state index contributed by atoms with van der Waals surface area (Å²) in [6, 6.07) is -0.0926. The van der Waals surface area contributed by atoms with Crippen molar-refractivity contribution in [1.29, 1.82) is 0 Å². The fourth-order valence-electron chi connectivity index (χ4n) is 0.915. The second-order valence-corrected chi connectivity index (χ2v) is 2.15. The lowest BCUT2D eigenvalue weighted by Gasteiger charge is -1.99. The number of hydrogen-bond acceptors (Lipinski definition) is 2. The Morgan fingerprint density at radius 1 is 1.75 bits per heavy atom. The molecule has 1 fully saturated rings. The van der Waals surface area contributed by atoms with Crippen LogP contribution in [0.2, 0.25) is 0 Å². The second kappa shape index (κ2) is 2.42. The van der Waals surface area contributed by atoms with Crippen LogP contribution in [0.25, 0.3) is 0 Å². The molecular weight excluding hydrogens is 109 g/mol. The van der Waals surface area contributed by atoms with Crippen molar-refractivity contribution in [3.63, 3.8) is 0 Å². The van der Waals surface area contributed by atoms with Gasteiger partial charge in [0.2, 0.25) is 0 Å². The lowest BCUT2D eigenvalue weighted by atomic mass is 10.2. The summed E-state index contributed by atoms with van der Waals surface area (Å²) in [5.74, 6) is 0. The molecule has 8 heavy (non-hydrogen) atoms. The van der Waals surface area contributed by atoms with Crippen LogP contribution in [0.4, 0.5) is 4.39 Å². The van der Waals surface area contributed by atoms with E-state index in [1.165, 1.54) is 0 Å². The van der Waals surface area contributed by atoms with Crippen LogP contribution >= 0.6 is 0 Å². The quantitative estimate of drug-likeness (QED) is 0.495. The minimum absolute atomic E-state index is 0.0926. The number of β-amino-alcohol motifs (C(OH)–C–C–N with tert-alkyl or cyclic N) is 1. The van der Waals surface area contributed by atoms with Crippen molar-refractivity contribution < 1.29 is 9.50 Å². The molecule has 0 saturated carbocycles. The first-order valence-electron chi connectivity index (χ1n) is 2.80. The van der Waals surface area contributed by atoms with Gasteiger partial charge in [-0.1, -0.05) is 0 Å². The fraction of sp³-hybridized carbons (Fsp3) is 1.00. The molecule has 2 atom stereocenters. The van der Waals surface area contributed by atoms with Crippen molar-refractivity contribution in [1.82, 2.24) is 5.32 Å². The molecule has 1 rings (SSSR count).